The van der Waals surface area contributed by atoms with E-state index >= 15 is 0 Å². The molecule has 0 amide bonds. The summed E-state index contributed by atoms with van der Waals surface area (Å²) in [5.74, 6) is 0.916. The number of hydrazine groups is 1. The molecule has 0 bridgehead atoms. The van der Waals surface area contributed by atoms with Crippen molar-refractivity contribution >= 4 is 22.0 Å². The molecule has 3 rings (SSSR count). The molecular formula is C11H11F5N6S. The number of fused-ring (bicyclic) bond motifs is 1. The first-order chi connectivity index (χ1) is 10.5. The van der Waals surface area contributed by atoms with E-state index in [1.807, 2.05) is 0 Å². The molecular weight excluding hydrogens is 343 g/mol. The standard InChI is InChI=1S/C11H11F5N6S/c12-23(13,14,15,16)9-3-1-8(2-4-9)5-17-10-6-19-21-11-18-7-20-22(10)11/h1-4,6-7,17,19H,5H2,(H,18,20,21). The van der Waals surface area contributed by atoms with Crippen LogP contribution in [0.15, 0.2) is 41.7 Å². The zero-order chi connectivity index (χ0) is 16.8. The molecule has 2 aromatic rings. The molecule has 2 heterocycles. The Labute approximate surface area is 127 Å². The lowest BCUT2D eigenvalue weighted by Crippen LogP contribution is -2.30. The second-order valence-electron chi connectivity index (χ2n) is 4.76. The SMILES string of the molecule is FS(F)(F)(F)(F)c1ccc(CNC2=CNNc3ncnn32)cc1. The molecule has 1 aromatic heterocycles. The van der Waals surface area contributed by atoms with Crippen LogP contribution >= 0.6 is 10.2 Å². The first-order valence-electron chi connectivity index (χ1n) is 6.22. The van der Waals surface area contributed by atoms with Crippen LogP contribution in [0.3, 0.4) is 0 Å². The fourth-order valence-electron chi connectivity index (χ4n) is 1.92. The second kappa shape index (κ2) is 4.28. The summed E-state index contributed by atoms with van der Waals surface area (Å²) >= 11 is 0. The third-order valence-electron chi connectivity index (χ3n) is 3.01. The van der Waals surface area contributed by atoms with Crippen LogP contribution in [0.2, 0.25) is 0 Å². The monoisotopic (exact) mass is 354 g/mol. The van der Waals surface area contributed by atoms with Gasteiger partial charge in [0.1, 0.15) is 17.0 Å². The van der Waals surface area contributed by atoms with E-state index in [1.165, 1.54) is 17.2 Å². The Bertz CT molecular complexity index is 767. The number of benzene rings is 1. The number of hydrogen-bond acceptors (Lipinski definition) is 5. The number of aromatic nitrogens is 3. The maximum atomic E-state index is 12.6. The summed E-state index contributed by atoms with van der Waals surface area (Å²) in [5, 5.41) is 6.86. The van der Waals surface area contributed by atoms with Crippen molar-refractivity contribution in [1.29, 1.82) is 0 Å². The van der Waals surface area contributed by atoms with Gasteiger partial charge < -0.3 is 10.7 Å². The molecule has 23 heavy (non-hydrogen) atoms. The van der Waals surface area contributed by atoms with Crippen LogP contribution in [0.4, 0.5) is 25.4 Å². The first-order valence-corrected chi connectivity index (χ1v) is 8.17. The molecule has 1 aromatic carbocycles. The van der Waals surface area contributed by atoms with Gasteiger partial charge in [0.2, 0.25) is 5.95 Å². The van der Waals surface area contributed by atoms with Crippen LogP contribution in [0, 0.1) is 0 Å². The molecule has 0 fully saturated rings. The molecule has 0 spiro atoms. The Morgan fingerprint density at radius 3 is 2.43 bits per heavy atom. The molecule has 0 atom stereocenters. The highest BCUT2D eigenvalue weighted by Crippen LogP contribution is 3.02. The van der Waals surface area contributed by atoms with Crippen molar-refractivity contribution in [2.24, 2.45) is 0 Å². The van der Waals surface area contributed by atoms with Crippen molar-refractivity contribution in [3.05, 3.63) is 42.4 Å². The van der Waals surface area contributed by atoms with Crippen LogP contribution in [0.25, 0.3) is 5.82 Å². The lowest BCUT2D eigenvalue weighted by Gasteiger charge is -2.40. The average Bonchev–Trinajstić information content (AvgIpc) is 2.92. The van der Waals surface area contributed by atoms with Gasteiger partial charge in [0.05, 0.1) is 6.20 Å². The zero-order valence-corrected chi connectivity index (χ0v) is 12.1. The van der Waals surface area contributed by atoms with Gasteiger partial charge in [-0.1, -0.05) is 31.6 Å². The number of nitrogens with one attached hydrogen (secondary N) is 3. The lowest BCUT2D eigenvalue weighted by molar-refractivity contribution is 0.364. The van der Waals surface area contributed by atoms with E-state index in [1.54, 1.807) is 0 Å². The maximum Gasteiger partial charge on any atom is 0.310 e. The van der Waals surface area contributed by atoms with Crippen molar-refractivity contribution in [3.8, 4) is 0 Å². The Hall–Kier alpha value is -2.50. The summed E-state index contributed by atoms with van der Waals surface area (Å²) in [4.78, 5) is 2.00. The minimum absolute atomic E-state index is 0.118. The van der Waals surface area contributed by atoms with E-state index in [2.05, 4.69) is 26.3 Å². The quantitative estimate of drug-likeness (QED) is 0.735. The number of anilines is 1. The highest BCUT2D eigenvalue weighted by molar-refractivity contribution is 8.45. The molecule has 1 aliphatic rings. The van der Waals surface area contributed by atoms with Gasteiger partial charge in [0.15, 0.2) is 0 Å². The predicted octanol–water partition coefficient (Wildman–Crippen LogP) is 3.41. The van der Waals surface area contributed by atoms with Crippen LogP contribution in [0.1, 0.15) is 5.56 Å². The van der Waals surface area contributed by atoms with Gasteiger partial charge in [-0.3, -0.25) is 5.43 Å². The molecule has 0 unspecified atom stereocenters. The average molecular weight is 354 g/mol. The summed E-state index contributed by atoms with van der Waals surface area (Å²) in [5.41, 5.74) is 5.83. The largest absolute Gasteiger partial charge is 0.365 e. The van der Waals surface area contributed by atoms with Gasteiger partial charge in [0, 0.05) is 6.54 Å². The van der Waals surface area contributed by atoms with Gasteiger partial charge in [-0.25, -0.2) is 0 Å². The van der Waals surface area contributed by atoms with Crippen LogP contribution < -0.4 is 16.2 Å². The minimum atomic E-state index is -9.63. The molecule has 12 heteroatoms. The first kappa shape index (κ1) is 15.4. The Balaban J connectivity index is 1.72. The summed E-state index contributed by atoms with van der Waals surface area (Å²) in [6, 6.07) is 2.76. The highest BCUT2D eigenvalue weighted by atomic mass is 32.5. The maximum absolute atomic E-state index is 12.6. The second-order valence-corrected chi connectivity index (χ2v) is 7.17. The Kier molecular flexibility index (Phi) is 2.86. The van der Waals surface area contributed by atoms with Gasteiger partial charge in [0.25, 0.3) is 0 Å². The smallest absolute Gasteiger partial charge is 0.310 e. The fraction of sp³-hybridized carbons (Fsp3) is 0.0909. The molecule has 0 aliphatic carbocycles. The van der Waals surface area contributed by atoms with Crippen molar-refractivity contribution in [2.75, 3.05) is 5.43 Å². The summed E-state index contributed by atoms with van der Waals surface area (Å²) in [6.45, 7) is 0.118. The summed E-state index contributed by atoms with van der Waals surface area (Å²) in [6.07, 6.45) is 2.85. The number of hydrogen-bond donors (Lipinski definition) is 3. The number of halogens is 5. The van der Waals surface area contributed by atoms with Gasteiger partial charge >= 0.3 is 10.2 Å². The predicted molar refractivity (Wildman–Crippen MR) is 75.7 cm³/mol. The number of nitrogens with zero attached hydrogens (tertiary/aromatic N) is 3. The fourth-order valence-corrected chi connectivity index (χ4v) is 2.57. The Morgan fingerprint density at radius 2 is 1.78 bits per heavy atom. The third kappa shape index (κ3) is 3.31. The molecule has 0 saturated carbocycles. The molecule has 0 saturated heterocycles. The molecule has 6 nitrogen and oxygen atoms in total. The van der Waals surface area contributed by atoms with Gasteiger partial charge in [-0.05, 0) is 17.7 Å². The highest BCUT2D eigenvalue weighted by Gasteiger charge is 2.65. The topological polar surface area (TPSA) is 66.8 Å². The van der Waals surface area contributed by atoms with Crippen LogP contribution in [-0.2, 0) is 6.54 Å². The van der Waals surface area contributed by atoms with Crippen LogP contribution in [-0.4, -0.2) is 14.8 Å². The summed E-state index contributed by atoms with van der Waals surface area (Å²) in [7, 11) is -9.63. The zero-order valence-electron chi connectivity index (χ0n) is 11.3. The molecule has 3 N–H and O–H groups in total. The van der Waals surface area contributed by atoms with E-state index in [0.717, 1.165) is 12.1 Å². The van der Waals surface area contributed by atoms with E-state index in [0.29, 0.717) is 29.5 Å². The van der Waals surface area contributed by atoms with Crippen molar-refractivity contribution < 1.29 is 19.4 Å². The van der Waals surface area contributed by atoms with Crippen molar-refractivity contribution in [3.63, 3.8) is 0 Å². The van der Waals surface area contributed by atoms with Gasteiger partial charge in [-0.2, -0.15) is 14.8 Å². The Morgan fingerprint density at radius 1 is 1.09 bits per heavy atom. The number of rotatable bonds is 4. The molecule has 126 valence electrons. The van der Waals surface area contributed by atoms with Crippen LogP contribution in [0.5, 0.6) is 0 Å². The van der Waals surface area contributed by atoms with Crippen molar-refractivity contribution in [1.82, 2.24) is 25.5 Å². The van der Waals surface area contributed by atoms with Gasteiger partial charge in [-0.15, -0.1) is 0 Å². The lowest BCUT2D eigenvalue weighted by atomic mass is 10.2. The van der Waals surface area contributed by atoms with E-state index in [9.17, 15) is 19.4 Å². The van der Waals surface area contributed by atoms with E-state index in [-0.39, 0.29) is 6.54 Å². The summed E-state index contributed by atoms with van der Waals surface area (Å²) < 4.78 is 64.6. The normalized spacial score (nSPS) is 17.0. The van der Waals surface area contributed by atoms with E-state index < -0.39 is 15.1 Å². The van der Waals surface area contributed by atoms with E-state index in [4.69, 9.17) is 0 Å². The molecule has 0 radical (unpaired) electrons. The third-order valence-corrected chi connectivity index (χ3v) is 4.17. The minimum Gasteiger partial charge on any atom is -0.365 e. The van der Waals surface area contributed by atoms with Crippen molar-refractivity contribution in [2.45, 2.75) is 11.4 Å². The molecule has 1 aliphatic heterocycles.